The number of benzene rings is 1. The quantitative estimate of drug-likeness (QED) is 0.528. The molecular weight excluding hydrogens is 486 g/mol. The third-order valence-corrected chi connectivity index (χ3v) is 7.60. The highest BCUT2D eigenvalue weighted by molar-refractivity contribution is 6.31. The molecule has 9 nitrogen and oxygen atoms in total. The molecule has 2 N–H and O–H groups in total. The third-order valence-electron chi connectivity index (χ3n) is 7.23. The number of hydrogen-bond donors (Lipinski definition) is 2. The SMILES string of the molecule is COCCc1ccc(Cl)c(CN(C(=O)[C@H]2CN(C(=O)O)CC[C@@]2(OC)c2cc[nH]c(=O)c2)C2CC2)c1. The monoisotopic (exact) mass is 517 g/mol. The van der Waals surface area contributed by atoms with Gasteiger partial charge in [0.25, 0.3) is 0 Å². The molecule has 1 aliphatic carbocycles. The fourth-order valence-electron chi connectivity index (χ4n) is 5.08. The van der Waals surface area contributed by atoms with Gasteiger partial charge in [0.2, 0.25) is 11.5 Å². The zero-order valence-electron chi connectivity index (χ0n) is 20.5. The van der Waals surface area contributed by atoms with Crippen LogP contribution in [0.4, 0.5) is 4.79 Å². The van der Waals surface area contributed by atoms with Gasteiger partial charge in [-0.15, -0.1) is 0 Å². The lowest BCUT2D eigenvalue weighted by molar-refractivity contribution is -0.159. The number of aromatic amines is 1. The van der Waals surface area contributed by atoms with Crippen LogP contribution in [0.2, 0.25) is 5.02 Å². The number of carbonyl (C=O) groups is 2. The first-order valence-corrected chi connectivity index (χ1v) is 12.5. The molecule has 0 unspecified atom stereocenters. The van der Waals surface area contributed by atoms with E-state index < -0.39 is 17.6 Å². The molecule has 2 aromatic rings. The molecule has 2 aliphatic rings. The molecule has 1 aliphatic heterocycles. The minimum atomic E-state index is -1.13. The second kappa shape index (κ2) is 11.0. The summed E-state index contributed by atoms with van der Waals surface area (Å²) < 4.78 is 11.2. The number of hydrogen-bond acceptors (Lipinski definition) is 5. The molecule has 1 saturated heterocycles. The van der Waals surface area contributed by atoms with Gasteiger partial charge in [0.05, 0.1) is 12.5 Å². The number of carboxylic acid groups (broad SMARTS) is 1. The molecule has 2 heterocycles. The molecule has 36 heavy (non-hydrogen) atoms. The molecular formula is C26H32ClN3O6. The molecule has 0 spiro atoms. The predicted octanol–water partition coefficient (Wildman–Crippen LogP) is 3.25. The number of ether oxygens (including phenoxy) is 2. The first-order chi connectivity index (χ1) is 17.3. The van der Waals surface area contributed by atoms with Crippen molar-refractivity contribution in [1.29, 1.82) is 0 Å². The summed E-state index contributed by atoms with van der Waals surface area (Å²) in [7, 11) is 3.16. The fourth-order valence-corrected chi connectivity index (χ4v) is 5.26. The van der Waals surface area contributed by atoms with E-state index in [1.807, 2.05) is 18.2 Å². The fraction of sp³-hybridized carbons (Fsp3) is 0.500. The van der Waals surface area contributed by atoms with Gasteiger partial charge in [-0.25, -0.2) is 4.79 Å². The van der Waals surface area contributed by atoms with E-state index in [9.17, 15) is 19.5 Å². The normalized spacial score (nSPS) is 21.9. The van der Waals surface area contributed by atoms with Crippen LogP contribution in [0.15, 0.2) is 41.3 Å². The van der Waals surface area contributed by atoms with Gasteiger partial charge in [0, 0.05) is 57.2 Å². The Labute approximate surface area is 214 Å². The maximum Gasteiger partial charge on any atom is 0.407 e. The van der Waals surface area contributed by atoms with Crippen molar-refractivity contribution in [2.75, 3.05) is 33.9 Å². The van der Waals surface area contributed by atoms with Crippen LogP contribution in [0.5, 0.6) is 0 Å². The molecule has 2 amide bonds. The third kappa shape index (κ3) is 5.43. The van der Waals surface area contributed by atoms with Crippen LogP contribution in [-0.4, -0.2) is 71.8 Å². The van der Waals surface area contributed by atoms with Crippen LogP contribution in [0.1, 0.15) is 36.0 Å². The summed E-state index contributed by atoms with van der Waals surface area (Å²) in [5.74, 6) is -1.03. The summed E-state index contributed by atoms with van der Waals surface area (Å²) in [6.45, 7) is 1.05. The topological polar surface area (TPSA) is 112 Å². The summed E-state index contributed by atoms with van der Waals surface area (Å²) >= 11 is 6.53. The average molecular weight is 518 g/mol. The maximum absolute atomic E-state index is 14.2. The zero-order chi connectivity index (χ0) is 25.9. The minimum Gasteiger partial charge on any atom is -0.465 e. The highest BCUT2D eigenvalue weighted by atomic mass is 35.5. The number of piperidine rings is 1. The van der Waals surface area contributed by atoms with Crippen LogP contribution in [0, 0.1) is 5.92 Å². The van der Waals surface area contributed by atoms with E-state index in [-0.39, 0.29) is 37.0 Å². The average Bonchev–Trinajstić information content (AvgIpc) is 3.72. The summed E-state index contributed by atoms with van der Waals surface area (Å²) in [4.78, 5) is 43.9. The summed E-state index contributed by atoms with van der Waals surface area (Å²) in [6.07, 6.45) is 3.15. The number of halogens is 1. The van der Waals surface area contributed by atoms with Crippen LogP contribution < -0.4 is 5.56 Å². The summed E-state index contributed by atoms with van der Waals surface area (Å²) in [5.41, 5.74) is 1.01. The number of rotatable bonds is 9. The van der Waals surface area contributed by atoms with Crippen molar-refractivity contribution < 1.29 is 24.2 Å². The number of pyridine rings is 1. The Hall–Kier alpha value is -2.88. The van der Waals surface area contributed by atoms with Crippen molar-refractivity contribution in [1.82, 2.24) is 14.8 Å². The molecule has 0 bridgehead atoms. The second-order valence-electron chi connectivity index (χ2n) is 9.43. The van der Waals surface area contributed by atoms with Crippen molar-refractivity contribution in [3.05, 3.63) is 68.6 Å². The first-order valence-electron chi connectivity index (χ1n) is 12.1. The standard InChI is InChI=1S/C26H32ClN3O6/c1-35-12-8-17-3-6-22(27)18(13-17)15-30(20-4-5-20)24(32)21-16-29(25(33)34)11-9-26(21,36-2)19-7-10-28-23(31)14-19/h3,6-7,10,13-14,20-21H,4-5,8-9,11-12,15-16H2,1-2H3,(H,28,31)(H,33,34)/t21-,26-/m1/s1. The number of H-pyrrole nitrogens is 1. The maximum atomic E-state index is 14.2. The number of carbonyl (C=O) groups excluding carboxylic acids is 1. The van der Waals surface area contributed by atoms with E-state index in [1.165, 1.54) is 24.3 Å². The number of nitrogens with zero attached hydrogens (tertiary/aromatic N) is 2. The van der Waals surface area contributed by atoms with Gasteiger partial charge in [-0.1, -0.05) is 23.7 Å². The molecule has 10 heteroatoms. The molecule has 0 radical (unpaired) electrons. The van der Waals surface area contributed by atoms with Crippen LogP contribution in [0.3, 0.4) is 0 Å². The number of nitrogens with one attached hydrogen (secondary N) is 1. The number of methoxy groups -OCH3 is 2. The van der Waals surface area contributed by atoms with E-state index in [0.29, 0.717) is 23.7 Å². The number of likely N-dealkylation sites (tertiary alicyclic amines) is 1. The van der Waals surface area contributed by atoms with Gasteiger partial charge in [-0.05, 0) is 54.5 Å². The van der Waals surface area contributed by atoms with Gasteiger partial charge < -0.3 is 29.4 Å². The Bertz CT molecular complexity index is 1170. The van der Waals surface area contributed by atoms with Gasteiger partial charge in [-0.2, -0.15) is 0 Å². The second-order valence-corrected chi connectivity index (χ2v) is 9.84. The Balaban J connectivity index is 1.70. The molecule has 194 valence electrons. The van der Waals surface area contributed by atoms with Gasteiger partial charge in [-0.3, -0.25) is 9.59 Å². The molecule has 2 atom stereocenters. The molecule has 1 aromatic carbocycles. The van der Waals surface area contributed by atoms with Gasteiger partial charge in [0.15, 0.2) is 0 Å². The highest BCUT2D eigenvalue weighted by Crippen LogP contribution is 2.43. The van der Waals surface area contributed by atoms with E-state index in [4.69, 9.17) is 21.1 Å². The molecule has 2 fully saturated rings. The van der Waals surface area contributed by atoms with Crippen LogP contribution >= 0.6 is 11.6 Å². The van der Waals surface area contributed by atoms with Crippen molar-refractivity contribution >= 4 is 23.6 Å². The lowest BCUT2D eigenvalue weighted by Gasteiger charge is -2.47. The lowest BCUT2D eigenvalue weighted by atomic mass is 9.75. The lowest BCUT2D eigenvalue weighted by Crippen LogP contribution is -2.58. The summed E-state index contributed by atoms with van der Waals surface area (Å²) in [6, 6.07) is 8.97. The first kappa shape index (κ1) is 26.2. The van der Waals surface area contributed by atoms with Crippen molar-refractivity contribution in [2.45, 2.75) is 43.9 Å². The predicted molar refractivity (Wildman–Crippen MR) is 134 cm³/mol. The highest BCUT2D eigenvalue weighted by Gasteiger charge is 2.52. The van der Waals surface area contributed by atoms with E-state index >= 15 is 0 Å². The Morgan fingerprint density at radius 3 is 2.67 bits per heavy atom. The Morgan fingerprint density at radius 2 is 2.03 bits per heavy atom. The molecule has 1 saturated carbocycles. The number of aromatic nitrogens is 1. The number of amides is 2. The van der Waals surface area contributed by atoms with E-state index in [2.05, 4.69) is 4.98 Å². The van der Waals surface area contributed by atoms with Gasteiger partial charge >= 0.3 is 6.09 Å². The Morgan fingerprint density at radius 1 is 1.25 bits per heavy atom. The van der Waals surface area contributed by atoms with Gasteiger partial charge in [0.1, 0.15) is 5.60 Å². The molecule has 1 aromatic heterocycles. The Kier molecular flexibility index (Phi) is 8.02. The van der Waals surface area contributed by atoms with E-state index in [1.54, 1.807) is 18.1 Å². The van der Waals surface area contributed by atoms with Crippen molar-refractivity contribution in [3.63, 3.8) is 0 Å². The van der Waals surface area contributed by atoms with E-state index in [0.717, 1.165) is 30.4 Å². The zero-order valence-corrected chi connectivity index (χ0v) is 21.3. The van der Waals surface area contributed by atoms with Crippen LogP contribution in [0.25, 0.3) is 0 Å². The molecule has 4 rings (SSSR count). The van der Waals surface area contributed by atoms with Crippen molar-refractivity contribution in [2.24, 2.45) is 5.92 Å². The smallest absolute Gasteiger partial charge is 0.407 e. The largest absolute Gasteiger partial charge is 0.465 e. The summed E-state index contributed by atoms with van der Waals surface area (Å²) in [5, 5.41) is 10.3. The van der Waals surface area contributed by atoms with Crippen LogP contribution in [-0.2, 0) is 32.8 Å². The van der Waals surface area contributed by atoms with Crippen molar-refractivity contribution in [3.8, 4) is 0 Å². The minimum absolute atomic E-state index is 0.0281.